The highest BCUT2D eigenvalue weighted by atomic mass is 32.2. The summed E-state index contributed by atoms with van der Waals surface area (Å²) in [5.41, 5.74) is 6.06. The number of carbonyl (C=O) groups excluding carboxylic acids is 1. The number of aryl methyl sites for hydroxylation is 1. The fourth-order valence-corrected chi connectivity index (χ4v) is 4.45. The number of methoxy groups -OCH3 is 4. The van der Waals surface area contributed by atoms with Gasteiger partial charge in [-0.2, -0.15) is 5.10 Å². The van der Waals surface area contributed by atoms with Gasteiger partial charge in [0.05, 0.1) is 40.4 Å². The molecule has 39 heavy (non-hydrogen) atoms. The molecule has 202 valence electrons. The van der Waals surface area contributed by atoms with Crippen LogP contribution in [0, 0.1) is 6.92 Å². The van der Waals surface area contributed by atoms with Crippen molar-refractivity contribution >= 4 is 23.9 Å². The first-order chi connectivity index (χ1) is 19.0. The van der Waals surface area contributed by atoms with Crippen LogP contribution in [0.1, 0.15) is 11.1 Å². The number of hydrazone groups is 1. The Balaban J connectivity index is 1.51. The SMILES string of the molecule is COc1ccc(-n2c(SCC(=O)NN=Cc3cc(OC)c(OC)cc3OC)nnc2-c2ccc(C)cc2)cc1. The van der Waals surface area contributed by atoms with E-state index in [1.807, 2.05) is 60.0 Å². The van der Waals surface area contributed by atoms with E-state index in [0.717, 1.165) is 22.6 Å². The van der Waals surface area contributed by atoms with Gasteiger partial charge in [0.25, 0.3) is 5.91 Å². The number of amides is 1. The summed E-state index contributed by atoms with van der Waals surface area (Å²) in [7, 11) is 6.24. The molecule has 0 aliphatic rings. The van der Waals surface area contributed by atoms with Gasteiger partial charge < -0.3 is 18.9 Å². The second-order valence-electron chi connectivity index (χ2n) is 8.24. The van der Waals surface area contributed by atoms with Gasteiger partial charge in [0.2, 0.25) is 0 Å². The lowest BCUT2D eigenvalue weighted by molar-refractivity contribution is -0.118. The van der Waals surface area contributed by atoms with Crippen molar-refractivity contribution in [3.8, 4) is 40.1 Å². The average molecular weight is 548 g/mol. The lowest BCUT2D eigenvalue weighted by Gasteiger charge is -2.12. The van der Waals surface area contributed by atoms with Gasteiger partial charge in [-0.05, 0) is 37.3 Å². The molecule has 0 saturated carbocycles. The van der Waals surface area contributed by atoms with E-state index in [1.54, 1.807) is 33.5 Å². The van der Waals surface area contributed by atoms with E-state index in [-0.39, 0.29) is 11.7 Å². The van der Waals surface area contributed by atoms with Crippen molar-refractivity contribution in [1.29, 1.82) is 0 Å². The summed E-state index contributed by atoms with van der Waals surface area (Å²) in [6.07, 6.45) is 1.48. The number of ether oxygens (including phenoxy) is 4. The van der Waals surface area contributed by atoms with E-state index in [0.29, 0.717) is 33.8 Å². The average Bonchev–Trinajstić information content (AvgIpc) is 3.40. The fraction of sp³-hybridized carbons (Fsp3) is 0.214. The van der Waals surface area contributed by atoms with Crippen LogP contribution in [0.4, 0.5) is 0 Å². The molecule has 1 N–H and O–H groups in total. The highest BCUT2D eigenvalue weighted by Crippen LogP contribution is 2.34. The minimum Gasteiger partial charge on any atom is -0.497 e. The van der Waals surface area contributed by atoms with Crippen molar-refractivity contribution in [1.82, 2.24) is 20.2 Å². The Morgan fingerprint density at radius 3 is 2.21 bits per heavy atom. The molecule has 1 heterocycles. The Labute approximate surface area is 231 Å². The summed E-state index contributed by atoms with van der Waals surface area (Å²) in [5, 5.41) is 13.5. The number of benzene rings is 3. The monoisotopic (exact) mass is 547 g/mol. The first-order valence-electron chi connectivity index (χ1n) is 11.9. The number of thioether (sulfide) groups is 1. The molecule has 0 atom stereocenters. The maximum Gasteiger partial charge on any atom is 0.250 e. The first-order valence-corrected chi connectivity index (χ1v) is 12.9. The summed E-state index contributed by atoms with van der Waals surface area (Å²) in [6, 6.07) is 19.0. The minimum atomic E-state index is -0.308. The van der Waals surface area contributed by atoms with Crippen LogP contribution in [-0.2, 0) is 4.79 Å². The van der Waals surface area contributed by atoms with Gasteiger partial charge in [-0.1, -0.05) is 41.6 Å². The van der Waals surface area contributed by atoms with Gasteiger partial charge in [-0.25, -0.2) is 5.43 Å². The summed E-state index contributed by atoms with van der Waals surface area (Å²) >= 11 is 1.25. The van der Waals surface area contributed by atoms with Gasteiger partial charge in [0, 0.05) is 22.9 Å². The molecule has 1 amide bonds. The van der Waals surface area contributed by atoms with E-state index >= 15 is 0 Å². The summed E-state index contributed by atoms with van der Waals surface area (Å²) in [5.74, 6) is 2.74. The van der Waals surface area contributed by atoms with Crippen molar-refractivity contribution in [2.75, 3.05) is 34.2 Å². The highest BCUT2D eigenvalue weighted by molar-refractivity contribution is 7.99. The summed E-state index contributed by atoms with van der Waals surface area (Å²) in [6.45, 7) is 2.03. The number of aromatic nitrogens is 3. The Kier molecular flexibility index (Phi) is 9.06. The molecule has 0 bridgehead atoms. The summed E-state index contributed by atoms with van der Waals surface area (Å²) < 4.78 is 23.2. The van der Waals surface area contributed by atoms with Gasteiger partial charge in [-0.15, -0.1) is 10.2 Å². The zero-order valence-electron chi connectivity index (χ0n) is 22.3. The number of carbonyl (C=O) groups is 1. The van der Waals surface area contributed by atoms with E-state index in [4.69, 9.17) is 18.9 Å². The Hall–Kier alpha value is -4.51. The molecule has 0 aliphatic carbocycles. The maximum absolute atomic E-state index is 12.6. The van der Waals surface area contributed by atoms with Crippen LogP contribution in [-0.4, -0.2) is 61.1 Å². The van der Waals surface area contributed by atoms with Crippen molar-refractivity contribution in [3.63, 3.8) is 0 Å². The number of rotatable bonds is 11. The molecular formula is C28H29N5O5S. The Bertz CT molecular complexity index is 1450. The van der Waals surface area contributed by atoms with Crippen LogP contribution in [0.15, 0.2) is 70.9 Å². The summed E-state index contributed by atoms with van der Waals surface area (Å²) in [4.78, 5) is 12.6. The molecule has 4 rings (SSSR count). The highest BCUT2D eigenvalue weighted by Gasteiger charge is 2.18. The van der Waals surface area contributed by atoms with Crippen molar-refractivity contribution in [2.24, 2.45) is 5.10 Å². The van der Waals surface area contributed by atoms with Crippen LogP contribution >= 0.6 is 11.8 Å². The van der Waals surface area contributed by atoms with E-state index in [1.165, 1.54) is 25.1 Å². The fourth-order valence-electron chi connectivity index (χ4n) is 3.71. The molecule has 0 unspecified atom stereocenters. The minimum absolute atomic E-state index is 0.0720. The zero-order valence-corrected chi connectivity index (χ0v) is 23.1. The standard InChI is InChI=1S/C28H29N5O5S/c1-18-6-8-19(9-7-18)27-31-32-28(33(27)21-10-12-22(35-2)13-11-21)39-17-26(34)30-29-16-20-14-24(37-4)25(38-5)15-23(20)36-3/h6-16H,17H2,1-5H3,(H,30,34). The lowest BCUT2D eigenvalue weighted by Crippen LogP contribution is -2.20. The second-order valence-corrected chi connectivity index (χ2v) is 9.18. The van der Waals surface area contributed by atoms with Crippen LogP contribution in [0.25, 0.3) is 17.1 Å². The van der Waals surface area contributed by atoms with Gasteiger partial charge in [0.1, 0.15) is 11.5 Å². The van der Waals surface area contributed by atoms with Crippen LogP contribution in [0.2, 0.25) is 0 Å². The molecule has 0 fully saturated rings. The number of hydrogen-bond acceptors (Lipinski definition) is 9. The van der Waals surface area contributed by atoms with E-state index in [2.05, 4.69) is 20.7 Å². The topological polar surface area (TPSA) is 109 Å². The number of nitrogens with one attached hydrogen (secondary N) is 1. The third-order valence-corrected chi connectivity index (χ3v) is 6.66. The normalized spacial score (nSPS) is 10.9. The van der Waals surface area contributed by atoms with E-state index < -0.39 is 0 Å². The predicted molar refractivity (Wildman–Crippen MR) is 151 cm³/mol. The van der Waals surface area contributed by atoms with E-state index in [9.17, 15) is 4.79 Å². The molecule has 11 heteroatoms. The van der Waals surface area contributed by atoms with Gasteiger partial charge in [0.15, 0.2) is 22.5 Å². The lowest BCUT2D eigenvalue weighted by atomic mass is 10.1. The molecular weight excluding hydrogens is 518 g/mol. The van der Waals surface area contributed by atoms with Crippen molar-refractivity contribution in [2.45, 2.75) is 12.1 Å². The molecule has 4 aromatic rings. The van der Waals surface area contributed by atoms with Crippen LogP contribution in [0.3, 0.4) is 0 Å². The van der Waals surface area contributed by atoms with Crippen LogP contribution < -0.4 is 24.4 Å². The molecule has 1 aromatic heterocycles. The largest absolute Gasteiger partial charge is 0.497 e. The zero-order chi connectivity index (χ0) is 27.8. The molecule has 10 nitrogen and oxygen atoms in total. The third-order valence-electron chi connectivity index (χ3n) is 5.73. The molecule has 0 aliphatic heterocycles. The quantitative estimate of drug-likeness (QED) is 0.166. The van der Waals surface area contributed by atoms with Crippen molar-refractivity contribution in [3.05, 3.63) is 71.8 Å². The Morgan fingerprint density at radius 2 is 1.56 bits per heavy atom. The van der Waals surface area contributed by atoms with Crippen LogP contribution in [0.5, 0.6) is 23.0 Å². The van der Waals surface area contributed by atoms with Gasteiger partial charge in [-0.3, -0.25) is 9.36 Å². The molecule has 0 saturated heterocycles. The number of hydrogen-bond donors (Lipinski definition) is 1. The molecule has 0 spiro atoms. The first kappa shape index (κ1) is 27.5. The second kappa shape index (κ2) is 12.8. The van der Waals surface area contributed by atoms with Gasteiger partial charge >= 0.3 is 0 Å². The third kappa shape index (κ3) is 6.50. The Morgan fingerprint density at radius 1 is 0.897 bits per heavy atom. The molecule has 0 radical (unpaired) electrons. The predicted octanol–water partition coefficient (Wildman–Crippen LogP) is 4.52. The smallest absolute Gasteiger partial charge is 0.250 e. The van der Waals surface area contributed by atoms with Crippen molar-refractivity contribution < 1.29 is 23.7 Å². The maximum atomic E-state index is 12.6. The molecule has 3 aromatic carbocycles. The number of nitrogens with zero attached hydrogens (tertiary/aromatic N) is 4.